The Morgan fingerprint density at radius 2 is 1.92 bits per heavy atom. The average Bonchev–Trinajstić information content (AvgIpc) is 2.52. The minimum atomic E-state index is -4.66. The quantitative estimate of drug-likeness (QED) is 0.575. The van der Waals surface area contributed by atoms with Crippen LogP contribution in [0.5, 0.6) is 0 Å². The molecular formula is C14H14F2N4O3S2. The van der Waals surface area contributed by atoms with Crippen molar-refractivity contribution in [1.29, 1.82) is 0 Å². The predicted molar refractivity (Wildman–Crippen MR) is 90.2 cm³/mol. The zero-order valence-corrected chi connectivity index (χ0v) is 14.6. The van der Waals surface area contributed by atoms with Gasteiger partial charge in [-0.25, -0.2) is 18.4 Å². The zero-order valence-electron chi connectivity index (χ0n) is 12.9. The molecule has 0 unspecified atom stereocenters. The van der Waals surface area contributed by atoms with Crippen LogP contribution in [0.1, 0.15) is 5.69 Å². The molecule has 0 saturated heterocycles. The Kier molecular flexibility index (Phi) is 5.90. The van der Waals surface area contributed by atoms with Crippen LogP contribution in [-0.4, -0.2) is 35.8 Å². The summed E-state index contributed by atoms with van der Waals surface area (Å²) in [4.78, 5) is 19.5. The van der Waals surface area contributed by atoms with Gasteiger partial charge in [-0.1, -0.05) is 11.8 Å². The van der Waals surface area contributed by atoms with Crippen molar-refractivity contribution in [3.05, 3.63) is 36.0 Å². The van der Waals surface area contributed by atoms with Gasteiger partial charge in [-0.3, -0.25) is 4.79 Å². The number of aryl methyl sites for hydroxylation is 1. The van der Waals surface area contributed by atoms with Crippen LogP contribution in [0.4, 0.5) is 20.3 Å². The average molecular weight is 388 g/mol. The van der Waals surface area contributed by atoms with Crippen molar-refractivity contribution in [3.63, 3.8) is 0 Å². The van der Waals surface area contributed by atoms with Crippen LogP contribution in [0.15, 0.2) is 40.4 Å². The lowest BCUT2D eigenvalue weighted by molar-refractivity contribution is -0.113. The number of rotatable bonds is 6. The molecule has 0 aliphatic rings. The number of amides is 1. The van der Waals surface area contributed by atoms with Gasteiger partial charge in [0.15, 0.2) is 5.16 Å². The number of benzene rings is 1. The van der Waals surface area contributed by atoms with Gasteiger partial charge >= 0.3 is 5.76 Å². The van der Waals surface area contributed by atoms with Gasteiger partial charge < -0.3 is 11.1 Å². The molecule has 0 aliphatic heterocycles. The Hall–Kier alpha value is -2.27. The fourth-order valence-corrected chi connectivity index (χ4v) is 3.22. The molecular weight excluding hydrogens is 374 g/mol. The lowest BCUT2D eigenvalue weighted by Gasteiger charge is -2.07. The highest BCUT2D eigenvalue weighted by Gasteiger charge is 2.26. The standard InChI is InChI=1S/C14H14F2N4O3S2/c1-8-6-11(17)20-14(18-8)24-7-12(21)19-9-2-4-10(5-3-9)25(22,23)13(15)16/h2-6,13H,7H2,1H3,(H,19,21)(H2,17,18,20). The first-order valence-electron chi connectivity index (χ1n) is 6.84. The summed E-state index contributed by atoms with van der Waals surface area (Å²) in [5.41, 5.74) is 6.55. The van der Waals surface area contributed by atoms with Crippen LogP contribution in [0.3, 0.4) is 0 Å². The van der Waals surface area contributed by atoms with Gasteiger partial charge in [0.1, 0.15) is 5.82 Å². The molecule has 1 aromatic heterocycles. The lowest BCUT2D eigenvalue weighted by atomic mass is 10.3. The van der Waals surface area contributed by atoms with Crippen LogP contribution < -0.4 is 11.1 Å². The number of hydrogen-bond acceptors (Lipinski definition) is 7. The second-order valence-corrected chi connectivity index (χ2v) is 7.74. The third-order valence-electron chi connectivity index (χ3n) is 2.89. The van der Waals surface area contributed by atoms with Crippen LogP contribution in [-0.2, 0) is 14.6 Å². The van der Waals surface area contributed by atoms with E-state index in [1.165, 1.54) is 12.1 Å². The molecule has 0 bridgehead atoms. The smallest absolute Gasteiger partial charge is 0.341 e. The number of nitrogens with zero attached hydrogens (tertiary/aromatic N) is 2. The number of aromatic nitrogens is 2. The molecule has 1 aromatic carbocycles. The molecule has 134 valence electrons. The van der Waals surface area contributed by atoms with Crippen LogP contribution >= 0.6 is 11.8 Å². The highest BCUT2D eigenvalue weighted by molar-refractivity contribution is 7.99. The van der Waals surface area contributed by atoms with E-state index in [4.69, 9.17) is 5.73 Å². The molecule has 0 saturated carbocycles. The number of alkyl halides is 2. The third-order valence-corrected chi connectivity index (χ3v) is 5.13. The normalized spacial score (nSPS) is 11.5. The van der Waals surface area contributed by atoms with Gasteiger partial charge in [0.25, 0.3) is 0 Å². The zero-order chi connectivity index (χ0) is 18.6. The van der Waals surface area contributed by atoms with E-state index in [0.717, 1.165) is 23.9 Å². The first-order chi connectivity index (χ1) is 11.7. The number of carbonyl (C=O) groups excluding carboxylic acids is 1. The molecule has 0 radical (unpaired) electrons. The molecule has 1 heterocycles. The fraction of sp³-hybridized carbons (Fsp3) is 0.214. The first kappa shape index (κ1) is 19.1. The van der Waals surface area contributed by atoms with E-state index in [9.17, 15) is 22.0 Å². The number of hydrogen-bond donors (Lipinski definition) is 2. The highest BCUT2D eigenvalue weighted by Crippen LogP contribution is 2.21. The van der Waals surface area contributed by atoms with Crippen LogP contribution in [0, 0.1) is 6.92 Å². The molecule has 3 N–H and O–H groups in total. The summed E-state index contributed by atoms with van der Waals surface area (Å²) >= 11 is 1.08. The first-order valence-corrected chi connectivity index (χ1v) is 9.37. The van der Waals surface area contributed by atoms with Crippen molar-refractivity contribution >= 4 is 39.0 Å². The third kappa shape index (κ3) is 5.10. The maximum atomic E-state index is 12.4. The van der Waals surface area contributed by atoms with E-state index in [1.807, 2.05) is 0 Å². The lowest BCUT2D eigenvalue weighted by Crippen LogP contribution is -2.15. The van der Waals surface area contributed by atoms with E-state index < -0.39 is 26.4 Å². The fourth-order valence-electron chi connectivity index (χ4n) is 1.79. The molecule has 7 nitrogen and oxygen atoms in total. The summed E-state index contributed by atoms with van der Waals surface area (Å²) in [7, 11) is -4.66. The minimum absolute atomic E-state index is 0.0000224. The van der Waals surface area contributed by atoms with Crippen molar-refractivity contribution < 1.29 is 22.0 Å². The highest BCUT2D eigenvalue weighted by atomic mass is 32.2. The Morgan fingerprint density at radius 1 is 1.28 bits per heavy atom. The van der Waals surface area contributed by atoms with E-state index in [0.29, 0.717) is 16.7 Å². The van der Waals surface area contributed by atoms with Gasteiger partial charge in [0.2, 0.25) is 15.7 Å². The molecule has 0 aliphatic carbocycles. The van der Waals surface area contributed by atoms with Crippen molar-refractivity contribution in [1.82, 2.24) is 9.97 Å². The molecule has 0 fully saturated rings. The van der Waals surface area contributed by atoms with Crippen molar-refractivity contribution in [2.45, 2.75) is 22.7 Å². The number of nitrogens with one attached hydrogen (secondary N) is 1. The van der Waals surface area contributed by atoms with Gasteiger partial charge in [-0.15, -0.1) is 0 Å². The van der Waals surface area contributed by atoms with Crippen LogP contribution in [0.2, 0.25) is 0 Å². The van der Waals surface area contributed by atoms with Crippen LogP contribution in [0.25, 0.3) is 0 Å². The molecule has 0 atom stereocenters. The van der Waals surface area contributed by atoms with Crippen molar-refractivity contribution in [3.8, 4) is 0 Å². The predicted octanol–water partition coefficient (Wildman–Crippen LogP) is 2.09. The second kappa shape index (κ2) is 7.74. The molecule has 25 heavy (non-hydrogen) atoms. The van der Waals surface area contributed by atoms with Crippen molar-refractivity contribution in [2.75, 3.05) is 16.8 Å². The molecule has 2 rings (SSSR count). The second-order valence-electron chi connectivity index (χ2n) is 4.88. The number of carbonyl (C=O) groups is 1. The Labute approximate surface area is 147 Å². The van der Waals surface area contributed by atoms with Gasteiger partial charge in [0.05, 0.1) is 10.6 Å². The number of nitrogen functional groups attached to an aromatic ring is 1. The molecule has 2 aromatic rings. The van der Waals surface area contributed by atoms with Gasteiger partial charge in [0, 0.05) is 17.4 Å². The molecule has 11 heteroatoms. The summed E-state index contributed by atoms with van der Waals surface area (Å²) in [5.74, 6) is -3.59. The topological polar surface area (TPSA) is 115 Å². The van der Waals surface area contributed by atoms with E-state index in [1.54, 1.807) is 13.0 Å². The maximum Gasteiger partial charge on any atom is 0.341 e. The van der Waals surface area contributed by atoms with Gasteiger partial charge in [-0.2, -0.15) is 8.78 Å². The largest absolute Gasteiger partial charge is 0.384 e. The number of halogens is 2. The molecule has 1 amide bonds. The Bertz CT molecular complexity index is 854. The van der Waals surface area contributed by atoms with E-state index in [2.05, 4.69) is 15.3 Å². The van der Waals surface area contributed by atoms with Crippen molar-refractivity contribution in [2.24, 2.45) is 0 Å². The SMILES string of the molecule is Cc1cc(N)nc(SCC(=O)Nc2ccc(S(=O)(=O)C(F)F)cc2)n1. The Balaban J connectivity index is 1.97. The maximum absolute atomic E-state index is 12.4. The van der Waals surface area contributed by atoms with E-state index >= 15 is 0 Å². The number of nitrogens with two attached hydrogens (primary N) is 1. The summed E-state index contributed by atoms with van der Waals surface area (Å²) < 4.78 is 47.5. The van der Waals surface area contributed by atoms with Gasteiger partial charge in [-0.05, 0) is 31.2 Å². The summed E-state index contributed by atoms with van der Waals surface area (Å²) in [6.07, 6.45) is 0. The summed E-state index contributed by atoms with van der Waals surface area (Å²) in [5, 5.41) is 2.87. The number of sulfone groups is 1. The summed E-state index contributed by atoms with van der Waals surface area (Å²) in [6, 6.07) is 6.08. The van der Waals surface area contributed by atoms with E-state index in [-0.39, 0.29) is 11.4 Å². The monoisotopic (exact) mass is 388 g/mol. The molecule has 0 spiro atoms. The minimum Gasteiger partial charge on any atom is -0.384 e. The Morgan fingerprint density at radius 3 is 2.48 bits per heavy atom. The summed E-state index contributed by atoms with van der Waals surface area (Å²) in [6.45, 7) is 1.75. The number of thioether (sulfide) groups is 1. The number of anilines is 2.